The number of carbonyl (C=O) groups is 1. The van der Waals surface area contributed by atoms with Crippen LogP contribution in [0.5, 0.6) is 0 Å². The molecule has 5 atom stereocenters. The van der Waals surface area contributed by atoms with Crippen molar-refractivity contribution < 1.29 is 4.79 Å². The molecule has 0 N–H and O–H groups in total. The minimum Gasteiger partial charge on any atom is -0.372 e. The number of allylic oxidation sites excluding steroid dienone is 5. The summed E-state index contributed by atoms with van der Waals surface area (Å²) in [6, 6.07) is 1.22. The number of likely N-dealkylation sites (tertiary alicyclic amines) is 6. The van der Waals surface area contributed by atoms with E-state index in [1.807, 2.05) is 55.5 Å². The minimum absolute atomic E-state index is 0.171. The van der Waals surface area contributed by atoms with Crippen LogP contribution in [0.2, 0.25) is 0 Å². The Morgan fingerprint density at radius 1 is 0.412 bits per heavy atom. The van der Waals surface area contributed by atoms with Crippen molar-refractivity contribution in [2.45, 2.75) is 196 Å². The van der Waals surface area contributed by atoms with Crippen LogP contribution in [-0.4, -0.2) is 138 Å². The molecule has 8 nitrogen and oxygen atoms in total. The molecule has 85 heavy (non-hydrogen) atoms. The van der Waals surface area contributed by atoms with E-state index >= 15 is 0 Å². The van der Waals surface area contributed by atoms with Crippen LogP contribution in [0.25, 0.3) is 0 Å². The van der Waals surface area contributed by atoms with Gasteiger partial charge in [0.2, 0.25) is 5.91 Å². The van der Waals surface area contributed by atoms with Crippen LogP contribution in [0.4, 0.5) is 0 Å². The second kappa shape index (κ2) is 34.4. The summed E-state index contributed by atoms with van der Waals surface area (Å²) >= 11 is 0. The van der Waals surface area contributed by atoms with Gasteiger partial charge in [0.1, 0.15) is 0 Å². The van der Waals surface area contributed by atoms with Gasteiger partial charge in [-0.1, -0.05) is 196 Å². The van der Waals surface area contributed by atoms with Gasteiger partial charge in [-0.15, -0.1) is 0 Å². The molecule has 0 bridgehead atoms. The molecular formula is C77H137N7O. The van der Waals surface area contributed by atoms with E-state index in [2.05, 4.69) is 234 Å². The lowest BCUT2D eigenvalue weighted by molar-refractivity contribution is -0.127. The maximum absolute atomic E-state index is 12.0. The monoisotopic (exact) mass is 1180 g/mol. The molecule has 0 aliphatic carbocycles. The quantitative estimate of drug-likeness (QED) is 0.134. The van der Waals surface area contributed by atoms with E-state index in [0.717, 1.165) is 149 Å². The lowest BCUT2D eigenvalue weighted by atomic mass is 9.71. The summed E-state index contributed by atoms with van der Waals surface area (Å²) < 4.78 is 0. The smallest absolute Gasteiger partial charge is 0.246 e. The van der Waals surface area contributed by atoms with Crippen molar-refractivity contribution in [3.05, 3.63) is 137 Å². The van der Waals surface area contributed by atoms with Gasteiger partial charge in [-0.05, 0) is 165 Å². The average molecular weight is 1180 g/mol. The van der Waals surface area contributed by atoms with Gasteiger partial charge in [0.15, 0.2) is 0 Å². The number of amides is 1. The molecule has 0 aromatic heterocycles. The van der Waals surface area contributed by atoms with E-state index in [-0.39, 0.29) is 5.91 Å². The van der Waals surface area contributed by atoms with Crippen molar-refractivity contribution in [1.82, 2.24) is 34.3 Å². The summed E-state index contributed by atoms with van der Waals surface area (Å²) in [5, 5.41) is 0. The number of nitrogens with zero attached hydrogens (tertiary/aromatic N) is 7. The normalized spacial score (nSPS) is 22.6. The molecule has 0 aromatic carbocycles. The molecule has 6 saturated heterocycles. The molecule has 6 heterocycles. The highest BCUT2D eigenvalue weighted by Gasteiger charge is 2.42. The summed E-state index contributed by atoms with van der Waals surface area (Å²) in [6.45, 7) is 96.8. The van der Waals surface area contributed by atoms with Gasteiger partial charge in [0, 0.05) is 125 Å². The van der Waals surface area contributed by atoms with Crippen molar-refractivity contribution in [2.24, 2.45) is 68.0 Å². The third-order valence-corrected chi connectivity index (χ3v) is 19.8. The first-order valence-electron chi connectivity index (χ1n) is 32.8. The highest BCUT2D eigenvalue weighted by molar-refractivity contribution is 5.87. The first-order valence-corrected chi connectivity index (χ1v) is 32.8. The van der Waals surface area contributed by atoms with Crippen LogP contribution >= 0.6 is 0 Å². The topological polar surface area (TPSA) is 39.8 Å². The number of carbonyl (C=O) groups excluding carboxylic acids is 1. The summed E-state index contributed by atoms with van der Waals surface area (Å²) in [4.78, 5) is 27.7. The second-order valence-corrected chi connectivity index (χ2v) is 32.5. The SMILES string of the molecule is C=CC(=C)N1CC(C(C)(C)C)C1.C=CC(=C)N1CC(C(C)(C)C)C1C.C=CC(=C)N1CCC(C(C)(C)C)C1.C=CC(=C)N1CCC(C(C)(C)C)CC1.C=CC(=C)N1CCC(C(C)(C)C)CC1C.CN(C)C/C=C/C(=O)N1CCC(C(C)(C)C)CC1. The maximum Gasteiger partial charge on any atom is 0.246 e. The van der Waals surface area contributed by atoms with Gasteiger partial charge in [-0.2, -0.15) is 0 Å². The Morgan fingerprint density at radius 2 is 0.753 bits per heavy atom. The zero-order chi connectivity index (χ0) is 65.8. The molecule has 0 saturated carbocycles. The Hall–Kier alpha value is -4.43. The molecule has 1 amide bonds. The third-order valence-electron chi connectivity index (χ3n) is 19.8. The molecule has 8 heteroatoms. The van der Waals surface area contributed by atoms with Crippen molar-refractivity contribution in [2.75, 3.05) is 86.1 Å². The average Bonchev–Trinajstić information content (AvgIpc) is 2.28. The minimum atomic E-state index is 0.171. The predicted molar refractivity (Wildman–Crippen MR) is 378 cm³/mol. The molecule has 6 aliphatic rings. The van der Waals surface area contributed by atoms with E-state index < -0.39 is 0 Å². The van der Waals surface area contributed by atoms with E-state index in [9.17, 15) is 4.79 Å². The van der Waals surface area contributed by atoms with Crippen molar-refractivity contribution in [3.8, 4) is 0 Å². The fourth-order valence-corrected chi connectivity index (χ4v) is 12.5. The Balaban J connectivity index is 0.000000512. The lowest BCUT2D eigenvalue weighted by Gasteiger charge is -2.53. The molecule has 0 spiro atoms. The molecule has 6 fully saturated rings. The summed E-state index contributed by atoms with van der Waals surface area (Å²) in [5.74, 6) is 5.00. The number of hydrogen-bond donors (Lipinski definition) is 0. The molecule has 6 aliphatic heterocycles. The Bertz CT molecular complexity index is 2150. The highest BCUT2D eigenvalue weighted by Crippen LogP contribution is 2.42. The van der Waals surface area contributed by atoms with Crippen LogP contribution in [0, 0.1) is 68.0 Å². The van der Waals surface area contributed by atoms with Gasteiger partial charge in [0.05, 0.1) is 0 Å². The second-order valence-electron chi connectivity index (χ2n) is 32.5. The van der Waals surface area contributed by atoms with Crippen LogP contribution in [0.3, 0.4) is 0 Å². The van der Waals surface area contributed by atoms with Gasteiger partial charge in [-0.25, -0.2) is 0 Å². The van der Waals surface area contributed by atoms with Gasteiger partial charge in [0.25, 0.3) is 0 Å². The van der Waals surface area contributed by atoms with E-state index in [4.69, 9.17) is 0 Å². The van der Waals surface area contributed by atoms with Crippen molar-refractivity contribution >= 4 is 5.91 Å². The van der Waals surface area contributed by atoms with E-state index in [1.54, 1.807) is 6.08 Å². The zero-order valence-corrected chi connectivity index (χ0v) is 60.0. The molecule has 6 rings (SSSR count). The lowest BCUT2D eigenvalue weighted by Crippen LogP contribution is -2.57. The van der Waals surface area contributed by atoms with Gasteiger partial charge < -0.3 is 34.3 Å². The summed E-state index contributed by atoms with van der Waals surface area (Å²) in [5.41, 5.74) is 7.92. The van der Waals surface area contributed by atoms with Gasteiger partial charge in [-0.3, -0.25) is 4.79 Å². The van der Waals surface area contributed by atoms with Crippen LogP contribution in [-0.2, 0) is 4.79 Å². The van der Waals surface area contributed by atoms with Crippen LogP contribution in [0.15, 0.2) is 137 Å². The molecular weight excluding hydrogens is 1040 g/mol. The number of hydrogen-bond acceptors (Lipinski definition) is 7. The Kier molecular flexibility index (Phi) is 31.8. The third kappa shape index (κ3) is 26.8. The fraction of sp³-hybridized carbons (Fsp3) is 0.701. The zero-order valence-electron chi connectivity index (χ0n) is 60.0. The van der Waals surface area contributed by atoms with Gasteiger partial charge >= 0.3 is 0 Å². The maximum atomic E-state index is 12.0. The summed E-state index contributed by atoms with van der Waals surface area (Å²) in [6.07, 6.45) is 21.6. The van der Waals surface area contributed by atoms with Crippen LogP contribution < -0.4 is 0 Å². The first-order chi connectivity index (χ1) is 38.9. The number of piperidine rings is 3. The van der Waals surface area contributed by atoms with Crippen molar-refractivity contribution in [3.63, 3.8) is 0 Å². The largest absolute Gasteiger partial charge is 0.372 e. The predicted octanol–water partition coefficient (Wildman–Crippen LogP) is 18.4. The standard InChI is InChI=1S/C15H28N2O.C14H25N.C13H23N.2C12H21N.C11H19N/c1-15(2,3)13-8-11-17(12-9-13)14(18)7-6-10-16(4)5;1-7-11(2)15-9-8-13(10-12(15)3)14(4,5)6;1-6-11(2)14-9-7-12(8-10-14)13(3,4)5;1-7-9(2)13-8-11(10(13)3)12(4,5)6;1-6-10(2)13-8-7-11(9-13)12(3,4)5;1-6-9(2)12-7-10(8-12)11(3,4)5/h6-7,13H,8-12H2,1-5H3;7,12-13H,1-2,8-10H2,3-6H3;6,12H,1-2,7-10H2,3-5H3;7,10-11H,1-2,8H2,3-6H3;6,11H,1-2,7-9H2,3-5H3;6,10H,1-2,7-8H2,3-5H3/b7-6+;;;;;. The molecule has 486 valence electrons. The van der Waals surface area contributed by atoms with Crippen LogP contribution in [0.1, 0.15) is 183 Å². The van der Waals surface area contributed by atoms with E-state index in [1.165, 1.54) is 32.1 Å². The van der Waals surface area contributed by atoms with Crippen molar-refractivity contribution in [1.29, 1.82) is 0 Å². The molecule has 5 unspecified atom stereocenters. The number of likely N-dealkylation sites (N-methyl/N-ethyl adjacent to an activating group) is 1. The number of rotatable bonds is 13. The highest BCUT2D eigenvalue weighted by atomic mass is 16.2. The summed E-state index contributed by atoms with van der Waals surface area (Å²) in [7, 11) is 4.01. The fourth-order valence-electron chi connectivity index (χ4n) is 12.5. The Labute approximate surface area is 528 Å². The molecule has 0 radical (unpaired) electrons. The Morgan fingerprint density at radius 3 is 1.11 bits per heavy atom. The molecule has 0 aromatic rings. The first kappa shape index (κ1) is 78.6. The van der Waals surface area contributed by atoms with E-state index in [0.29, 0.717) is 44.6 Å².